The van der Waals surface area contributed by atoms with Gasteiger partial charge in [-0.05, 0) is 0 Å². The molecule has 0 unspecified atom stereocenters. The maximum Gasteiger partial charge on any atom is 0.414 e. The minimum atomic E-state index is -0.964. The van der Waals surface area contributed by atoms with Gasteiger partial charge in [-0.15, -0.1) is 0 Å². The lowest BCUT2D eigenvalue weighted by atomic mass is 10.2. The fourth-order valence-electron chi connectivity index (χ4n) is 1.83. The van der Waals surface area contributed by atoms with E-state index in [1.165, 1.54) is 7.11 Å². The lowest BCUT2D eigenvalue weighted by Crippen LogP contribution is -2.34. The maximum absolute atomic E-state index is 13.4. The molecule has 0 aromatic heterocycles. The number of nitrogens with one attached hydrogen (secondary N) is 1. The van der Waals surface area contributed by atoms with Gasteiger partial charge in [0, 0.05) is 12.1 Å². The molecule has 9 heteroatoms. The zero-order chi connectivity index (χ0) is 15.6. The first-order valence-electron chi connectivity index (χ1n) is 5.97. The molecule has 2 rings (SSSR count). The van der Waals surface area contributed by atoms with Crippen LogP contribution in [0.15, 0.2) is 12.1 Å². The predicted octanol–water partition coefficient (Wildman–Crippen LogP) is 1.23. The lowest BCUT2D eigenvalue weighted by Gasteiger charge is -2.14. The molecular weight excluding hydrogens is 288 g/mol. The molecule has 1 aliphatic rings. The van der Waals surface area contributed by atoms with Crippen LogP contribution in [0.5, 0.6) is 0 Å². The summed E-state index contributed by atoms with van der Waals surface area (Å²) in [5, 5.41) is 2.37. The second kappa shape index (κ2) is 5.81. The van der Waals surface area contributed by atoms with Gasteiger partial charge in [0.25, 0.3) is 0 Å². The second-order valence-electron chi connectivity index (χ2n) is 4.31. The Labute approximate surface area is 118 Å². The summed E-state index contributed by atoms with van der Waals surface area (Å²) in [6.07, 6.45) is -2.09. The van der Waals surface area contributed by atoms with Gasteiger partial charge in [-0.1, -0.05) is 0 Å². The van der Waals surface area contributed by atoms with Crippen molar-refractivity contribution >= 4 is 23.6 Å². The summed E-state index contributed by atoms with van der Waals surface area (Å²) < 4.78 is 36.1. The normalized spacial score (nSPS) is 17.6. The first-order chi connectivity index (χ1) is 9.92. The fraction of sp³-hybridized carbons (Fsp3) is 0.333. The highest BCUT2D eigenvalue weighted by Crippen LogP contribution is 2.27. The molecule has 1 fully saturated rings. The van der Waals surface area contributed by atoms with E-state index >= 15 is 0 Å². The van der Waals surface area contributed by atoms with Gasteiger partial charge in [0.2, 0.25) is 0 Å². The molecule has 2 amide bonds. The van der Waals surface area contributed by atoms with E-state index in [1.54, 1.807) is 0 Å². The summed E-state index contributed by atoms with van der Waals surface area (Å²) in [5.41, 5.74) is 4.54. The number of halogens is 2. The van der Waals surface area contributed by atoms with Crippen molar-refractivity contribution in [3.8, 4) is 0 Å². The van der Waals surface area contributed by atoms with Gasteiger partial charge in [0.05, 0.1) is 25.9 Å². The average Bonchev–Trinajstić information content (AvgIpc) is 2.82. The largest absolute Gasteiger partial charge is 0.453 e. The van der Waals surface area contributed by atoms with Gasteiger partial charge >= 0.3 is 12.2 Å². The van der Waals surface area contributed by atoms with Crippen molar-refractivity contribution in [1.29, 1.82) is 0 Å². The van der Waals surface area contributed by atoms with Crippen LogP contribution in [-0.4, -0.2) is 38.5 Å². The summed E-state index contributed by atoms with van der Waals surface area (Å²) in [7, 11) is 1.20. The number of cyclic esters (lactones) is 1. The van der Waals surface area contributed by atoms with Gasteiger partial charge in [0.15, 0.2) is 11.6 Å². The number of anilines is 2. The zero-order valence-corrected chi connectivity index (χ0v) is 11.1. The van der Waals surface area contributed by atoms with Crippen LogP contribution in [0.1, 0.15) is 0 Å². The molecule has 1 atom stereocenters. The van der Waals surface area contributed by atoms with Crippen LogP contribution >= 0.6 is 0 Å². The third kappa shape index (κ3) is 3.12. The van der Waals surface area contributed by atoms with Crippen LogP contribution < -0.4 is 16.0 Å². The highest BCUT2D eigenvalue weighted by atomic mass is 19.1. The van der Waals surface area contributed by atoms with E-state index in [4.69, 9.17) is 10.5 Å². The van der Waals surface area contributed by atoms with E-state index in [-0.39, 0.29) is 18.8 Å². The molecule has 3 N–H and O–H groups in total. The summed E-state index contributed by atoms with van der Waals surface area (Å²) >= 11 is 0. The lowest BCUT2D eigenvalue weighted by molar-refractivity contribution is 0.132. The van der Waals surface area contributed by atoms with E-state index < -0.39 is 35.6 Å². The molecule has 7 nitrogen and oxygen atoms in total. The number of ether oxygens (including phenoxy) is 2. The number of nitrogen functional groups attached to an aromatic ring is 1. The van der Waals surface area contributed by atoms with Gasteiger partial charge in [0.1, 0.15) is 11.8 Å². The van der Waals surface area contributed by atoms with Crippen LogP contribution in [0.2, 0.25) is 0 Å². The smallest absolute Gasteiger partial charge is 0.414 e. The zero-order valence-electron chi connectivity index (χ0n) is 11.1. The molecule has 0 saturated carbocycles. The van der Waals surface area contributed by atoms with Crippen molar-refractivity contribution < 1.29 is 27.8 Å². The van der Waals surface area contributed by atoms with E-state index in [0.717, 1.165) is 17.0 Å². The Morgan fingerprint density at radius 1 is 1.52 bits per heavy atom. The number of amides is 2. The van der Waals surface area contributed by atoms with Gasteiger partial charge in [-0.25, -0.2) is 18.4 Å². The molecule has 0 aliphatic carbocycles. The van der Waals surface area contributed by atoms with Gasteiger partial charge < -0.3 is 20.5 Å². The Balaban J connectivity index is 2.08. The van der Waals surface area contributed by atoms with Crippen molar-refractivity contribution in [1.82, 2.24) is 5.32 Å². The van der Waals surface area contributed by atoms with Gasteiger partial charge in [-0.2, -0.15) is 0 Å². The molecule has 0 spiro atoms. The molecule has 1 aliphatic heterocycles. The van der Waals surface area contributed by atoms with E-state index in [9.17, 15) is 18.4 Å². The number of alkyl carbamates (subject to hydrolysis) is 1. The molecular formula is C12H13F2N3O4. The van der Waals surface area contributed by atoms with Crippen LogP contribution in [0.25, 0.3) is 0 Å². The number of hydrogen-bond donors (Lipinski definition) is 2. The number of benzene rings is 1. The first-order valence-corrected chi connectivity index (χ1v) is 5.97. The maximum atomic E-state index is 13.4. The Hall–Kier alpha value is -2.58. The Morgan fingerprint density at radius 3 is 2.71 bits per heavy atom. The number of hydrogen-bond acceptors (Lipinski definition) is 5. The van der Waals surface area contributed by atoms with E-state index in [1.807, 2.05) is 0 Å². The molecule has 21 heavy (non-hydrogen) atoms. The standard InChI is InChI=1S/C12H13F2N3O4/c1-20-11(18)16-4-7-5-17(12(19)21-7)6-2-8(13)10(15)9(14)3-6/h2-3,7H,4-5,15H2,1H3,(H,16,18)/t7-/m0/s1. The molecule has 0 bridgehead atoms. The number of nitrogens with zero attached hydrogens (tertiary/aromatic N) is 1. The number of carbonyl (C=O) groups excluding carboxylic acids is 2. The van der Waals surface area contributed by atoms with Crippen LogP contribution in [0.3, 0.4) is 0 Å². The van der Waals surface area contributed by atoms with Crippen LogP contribution in [0, 0.1) is 11.6 Å². The highest BCUT2D eigenvalue weighted by Gasteiger charge is 2.33. The number of nitrogens with two attached hydrogens (primary N) is 1. The van der Waals surface area contributed by atoms with Crippen molar-refractivity contribution in [2.75, 3.05) is 30.8 Å². The molecule has 1 aromatic carbocycles. The van der Waals surface area contributed by atoms with Gasteiger partial charge in [-0.3, -0.25) is 4.90 Å². The number of rotatable bonds is 3. The monoisotopic (exact) mass is 301 g/mol. The molecule has 1 aromatic rings. The predicted molar refractivity (Wildman–Crippen MR) is 68.8 cm³/mol. The molecule has 1 saturated heterocycles. The highest BCUT2D eigenvalue weighted by molar-refractivity contribution is 5.90. The average molecular weight is 301 g/mol. The topological polar surface area (TPSA) is 93.9 Å². The summed E-state index contributed by atoms with van der Waals surface area (Å²) in [6.45, 7) is 0.0560. The minimum Gasteiger partial charge on any atom is -0.453 e. The molecule has 0 radical (unpaired) electrons. The SMILES string of the molecule is COC(=O)NC[C@H]1CN(c2cc(F)c(N)c(F)c2)C(=O)O1. The minimum absolute atomic E-state index is 0.00947. The van der Waals surface area contributed by atoms with Crippen molar-refractivity contribution in [3.63, 3.8) is 0 Å². The van der Waals surface area contributed by atoms with E-state index in [0.29, 0.717) is 0 Å². The number of carbonyl (C=O) groups is 2. The van der Waals surface area contributed by atoms with Crippen molar-refractivity contribution in [2.24, 2.45) is 0 Å². The number of methoxy groups -OCH3 is 1. The Kier molecular flexibility index (Phi) is 4.10. The second-order valence-corrected chi connectivity index (χ2v) is 4.31. The van der Waals surface area contributed by atoms with Crippen molar-refractivity contribution in [3.05, 3.63) is 23.8 Å². The molecule has 114 valence electrons. The Morgan fingerprint density at radius 2 is 2.14 bits per heavy atom. The Bertz CT molecular complexity index is 559. The quantitative estimate of drug-likeness (QED) is 0.819. The summed E-state index contributed by atoms with van der Waals surface area (Å²) in [5.74, 6) is -1.93. The van der Waals surface area contributed by atoms with E-state index in [2.05, 4.69) is 10.1 Å². The third-order valence-corrected chi connectivity index (χ3v) is 2.91. The molecule has 1 heterocycles. The van der Waals surface area contributed by atoms with Crippen LogP contribution in [0.4, 0.5) is 29.7 Å². The third-order valence-electron chi connectivity index (χ3n) is 2.91. The summed E-state index contributed by atoms with van der Waals surface area (Å²) in [4.78, 5) is 23.7. The first kappa shape index (κ1) is 14.8. The summed E-state index contributed by atoms with van der Waals surface area (Å²) in [6, 6.07) is 1.88. The van der Waals surface area contributed by atoms with Crippen LogP contribution in [-0.2, 0) is 9.47 Å². The fourth-order valence-corrected chi connectivity index (χ4v) is 1.83. The van der Waals surface area contributed by atoms with Crippen molar-refractivity contribution in [2.45, 2.75) is 6.10 Å².